The van der Waals surface area contributed by atoms with Crippen molar-refractivity contribution in [2.45, 2.75) is 6.92 Å². The number of nitrogens with zero attached hydrogens (tertiary/aromatic N) is 1. The van der Waals surface area contributed by atoms with E-state index in [-0.39, 0.29) is 12.4 Å². The van der Waals surface area contributed by atoms with Gasteiger partial charge in [0.05, 0.1) is 11.0 Å². The van der Waals surface area contributed by atoms with Gasteiger partial charge in [-0.3, -0.25) is 4.79 Å². The SMILES string of the molecule is CCO.N#Cc1c2[nH]c3ccccc3c2c(C(=O)c2ccccc2)c2c1[nH]c1ccccc12. The van der Waals surface area contributed by atoms with Gasteiger partial charge in [0.1, 0.15) is 11.6 Å². The Kier molecular flexibility index (Phi) is 5.14. The Labute approximate surface area is 189 Å². The van der Waals surface area contributed by atoms with E-state index in [2.05, 4.69) is 16.0 Å². The first-order valence-corrected chi connectivity index (χ1v) is 10.8. The van der Waals surface area contributed by atoms with Crippen molar-refractivity contribution in [3.8, 4) is 6.07 Å². The van der Waals surface area contributed by atoms with Crippen LogP contribution in [0.15, 0.2) is 78.9 Å². The molecule has 6 aromatic rings. The third-order valence-electron chi connectivity index (χ3n) is 5.79. The number of aromatic nitrogens is 2. The molecule has 0 unspecified atom stereocenters. The van der Waals surface area contributed by atoms with E-state index in [1.54, 1.807) is 6.92 Å². The minimum atomic E-state index is -0.0513. The molecule has 160 valence electrons. The van der Waals surface area contributed by atoms with Gasteiger partial charge in [-0.05, 0) is 19.1 Å². The van der Waals surface area contributed by atoms with Crippen molar-refractivity contribution >= 4 is 49.4 Å². The Morgan fingerprint density at radius 3 is 1.76 bits per heavy atom. The second kappa shape index (κ2) is 8.27. The second-order valence-electron chi connectivity index (χ2n) is 7.71. The zero-order chi connectivity index (χ0) is 22.9. The molecule has 0 saturated carbocycles. The van der Waals surface area contributed by atoms with Gasteiger partial charge in [-0.1, -0.05) is 66.7 Å². The number of nitrogens with one attached hydrogen (secondary N) is 2. The number of para-hydroxylation sites is 2. The number of hydrogen-bond acceptors (Lipinski definition) is 3. The summed E-state index contributed by atoms with van der Waals surface area (Å²) in [7, 11) is 0. The van der Waals surface area contributed by atoms with Crippen LogP contribution in [0, 0.1) is 11.3 Å². The molecule has 0 amide bonds. The van der Waals surface area contributed by atoms with Crippen LogP contribution in [0.3, 0.4) is 0 Å². The predicted octanol–water partition coefficient (Wildman–Crippen LogP) is 6.06. The Morgan fingerprint density at radius 2 is 1.27 bits per heavy atom. The van der Waals surface area contributed by atoms with E-state index < -0.39 is 0 Å². The number of aliphatic hydroxyl groups is 1. The minimum absolute atomic E-state index is 0.0513. The third kappa shape index (κ3) is 3.16. The van der Waals surface area contributed by atoms with Crippen molar-refractivity contribution in [1.29, 1.82) is 5.26 Å². The maximum absolute atomic E-state index is 13.8. The molecule has 2 heterocycles. The molecule has 0 aliphatic rings. The van der Waals surface area contributed by atoms with Gasteiger partial charge in [0.25, 0.3) is 0 Å². The molecule has 0 spiro atoms. The van der Waals surface area contributed by atoms with Gasteiger partial charge >= 0.3 is 0 Å². The molecule has 0 radical (unpaired) electrons. The van der Waals surface area contributed by atoms with Crippen LogP contribution in [0.25, 0.3) is 43.6 Å². The maximum atomic E-state index is 13.8. The van der Waals surface area contributed by atoms with Crippen LogP contribution in [0.2, 0.25) is 0 Å². The summed E-state index contributed by atoms with van der Waals surface area (Å²) in [5, 5.41) is 21.1. The second-order valence-corrected chi connectivity index (χ2v) is 7.71. The van der Waals surface area contributed by atoms with Crippen LogP contribution in [0.1, 0.15) is 28.4 Å². The van der Waals surface area contributed by atoms with Gasteiger partial charge in [-0.15, -0.1) is 0 Å². The zero-order valence-corrected chi connectivity index (χ0v) is 18.0. The molecule has 0 saturated heterocycles. The van der Waals surface area contributed by atoms with E-state index in [1.165, 1.54) is 0 Å². The fourth-order valence-electron chi connectivity index (χ4n) is 4.50. The fraction of sp³-hybridized carbons (Fsp3) is 0.0714. The highest BCUT2D eigenvalue weighted by Gasteiger charge is 2.25. The standard InChI is InChI=1S/C26H15N3O.C2H6O/c27-14-18-24-21(16-10-4-6-12-19(16)28-24)23(26(30)15-8-2-1-3-9-15)22-17-11-5-7-13-20(17)29-25(18)22;1-2-3/h1-13,28-29H;3H,2H2,1H3. The first kappa shape index (κ1) is 20.5. The lowest BCUT2D eigenvalue weighted by Gasteiger charge is -2.09. The number of H-pyrrole nitrogens is 2. The van der Waals surface area contributed by atoms with Crippen LogP contribution in [-0.4, -0.2) is 27.5 Å². The first-order valence-electron chi connectivity index (χ1n) is 10.8. The third-order valence-corrected chi connectivity index (χ3v) is 5.79. The highest BCUT2D eigenvalue weighted by atomic mass is 16.2. The van der Waals surface area contributed by atoms with Crippen molar-refractivity contribution in [2.75, 3.05) is 6.61 Å². The Morgan fingerprint density at radius 1 is 0.818 bits per heavy atom. The van der Waals surface area contributed by atoms with E-state index in [9.17, 15) is 10.1 Å². The molecule has 2 aromatic heterocycles. The summed E-state index contributed by atoms with van der Waals surface area (Å²) in [5.74, 6) is -0.0513. The Hall–Kier alpha value is -4.40. The van der Waals surface area contributed by atoms with Crippen LogP contribution < -0.4 is 0 Å². The topological polar surface area (TPSA) is 92.7 Å². The number of benzene rings is 4. The molecule has 0 aliphatic heterocycles. The van der Waals surface area contributed by atoms with Gasteiger partial charge in [0, 0.05) is 50.3 Å². The molecule has 0 aliphatic carbocycles. The highest BCUT2D eigenvalue weighted by Crippen LogP contribution is 2.41. The van der Waals surface area contributed by atoms with Crippen molar-refractivity contribution in [3.63, 3.8) is 0 Å². The van der Waals surface area contributed by atoms with Gasteiger partial charge in [0.2, 0.25) is 0 Å². The van der Waals surface area contributed by atoms with E-state index in [0.29, 0.717) is 27.7 Å². The highest BCUT2D eigenvalue weighted by molar-refractivity contribution is 6.33. The fourth-order valence-corrected chi connectivity index (χ4v) is 4.50. The normalized spacial score (nSPS) is 10.9. The molecule has 33 heavy (non-hydrogen) atoms. The molecule has 5 heteroatoms. The molecule has 4 aromatic carbocycles. The van der Waals surface area contributed by atoms with Crippen molar-refractivity contribution in [1.82, 2.24) is 9.97 Å². The summed E-state index contributed by atoms with van der Waals surface area (Å²) in [4.78, 5) is 20.6. The number of rotatable bonds is 2. The number of fused-ring (bicyclic) bond motifs is 6. The van der Waals surface area contributed by atoms with Crippen LogP contribution in [-0.2, 0) is 0 Å². The average Bonchev–Trinajstić information content (AvgIpc) is 3.42. The van der Waals surface area contributed by atoms with E-state index in [0.717, 1.165) is 32.6 Å². The number of aliphatic hydroxyl groups excluding tert-OH is 1. The summed E-state index contributed by atoms with van der Waals surface area (Å²) in [6.07, 6.45) is 0. The first-order chi connectivity index (χ1) is 16.2. The van der Waals surface area contributed by atoms with Gasteiger partial charge < -0.3 is 15.1 Å². The quantitative estimate of drug-likeness (QED) is 0.291. The van der Waals surface area contributed by atoms with E-state index in [1.807, 2.05) is 78.9 Å². The Bertz CT molecular complexity index is 1590. The van der Waals surface area contributed by atoms with Crippen molar-refractivity contribution in [3.05, 3.63) is 95.6 Å². The molecule has 3 N–H and O–H groups in total. The monoisotopic (exact) mass is 431 g/mol. The number of hydrogen-bond donors (Lipinski definition) is 3. The predicted molar refractivity (Wildman–Crippen MR) is 133 cm³/mol. The summed E-state index contributed by atoms with van der Waals surface area (Å²) < 4.78 is 0. The summed E-state index contributed by atoms with van der Waals surface area (Å²) in [6.45, 7) is 1.93. The molecule has 0 fully saturated rings. The molecular weight excluding hydrogens is 410 g/mol. The number of nitriles is 1. The van der Waals surface area contributed by atoms with Crippen LogP contribution in [0.4, 0.5) is 0 Å². The number of ketones is 1. The summed E-state index contributed by atoms with van der Waals surface area (Å²) >= 11 is 0. The van der Waals surface area contributed by atoms with E-state index >= 15 is 0 Å². The van der Waals surface area contributed by atoms with Gasteiger partial charge in [0.15, 0.2) is 5.78 Å². The summed E-state index contributed by atoms with van der Waals surface area (Å²) in [6, 6.07) is 27.4. The molecule has 0 bridgehead atoms. The zero-order valence-electron chi connectivity index (χ0n) is 18.0. The summed E-state index contributed by atoms with van der Waals surface area (Å²) in [5.41, 5.74) is 4.97. The van der Waals surface area contributed by atoms with Crippen LogP contribution in [0.5, 0.6) is 0 Å². The average molecular weight is 431 g/mol. The van der Waals surface area contributed by atoms with Crippen molar-refractivity contribution < 1.29 is 9.90 Å². The minimum Gasteiger partial charge on any atom is -0.397 e. The van der Waals surface area contributed by atoms with Crippen LogP contribution >= 0.6 is 0 Å². The number of aromatic amines is 2. The number of carbonyl (C=O) groups excluding carboxylic acids is 1. The maximum Gasteiger partial charge on any atom is 0.194 e. The lowest BCUT2D eigenvalue weighted by atomic mass is 9.91. The van der Waals surface area contributed by atoms with Gasteiger partial charge in [-0.2, -0.15) is 5.26 Å². The van der Waals surface area contributed by atoms with Crippen molar-refractivity contribution in [2.24, 2.45) is 0 Å². The lowest BCUT2D eigenvalue weighted by Crippen LogP contribution is -2.03. The van der Waals surface area contributed by atoms with E-state index in [4.69, 9.17) is 5.11 Å². The smallest absolute Gasteiger partial charge is 0.194 e. The molecule has 5 nitrogen and oxygen atoms in total. The molecule has 6 rings (SSSR count). The lowest BCUT2D eigenvalue weighted by molar-refractivity contribution is 0.104. The molecule has 0 atom stereocenters. The largest absolute Gasteiger partial charge is 0.397 e. The Balaban J connectivity index is 0.000000724. The number of carbonyl (C=O) groups is 1. The molecular formula is C28H21N3O2. The van der Waals surface area contributed by atoms with Gasteiger partial charge in [-0.25, -0.2) is 0 Å².